The van der Waals surface area contributed by atoms with Gasteiger partial charge in [0.25, 0.3) is 5.69 Å². The van der Waals surface area contributed by atoms with Gasteiger partial charge in [0, 0.05) is 25.1 Å². The minimum Gasteiger partial charge on any atom is -0.325 e. The zero-order chi connectivity index (χ0) is 19.4. The van der Waals surface area contributed by atoms with Crippen molar-refractivity contribution < 1.29 is 9.72 Å². The Labute approximate surface area is 161 Å². The van der Waals surface area contributed by atoms with Gasteiger partial charge in [-0.25, -0.2) is 0 Å². The molecule has 3 rings (SSSR count). The minimum atomic E-state index is -0.476. The fourth-order valence-electron chi connectivity index (χ4n) is 3.34. The van der Waals surface area contributed by atoms with Gasteiger partial charge in [0.1, 0.15) is 5.82 Å². The van der Waals surface area contributed by atoms with E-state index in [-0.39, 0.29) is 17.3 Å². The van der Waals surface area contributed by atoms with Crippen LogP contribution < -0.4 is 5.32 Å². The molecule has 0 saturated heterocycles. The smallest absolute Gasteiger partial charge is 0.271 e. The molecule has 0 spiro atoms. The van der Waals surface area contributed by atoms with Crippen molar-refractivity contribution in [1.82, 2.24) is 14.8 Å². The van der Waals surface area contributed by atoms with E-state index < -0.39 is 4.92 Å². The van der Waals surface area contributed by atoms with E-state index in [4.69, 9.17) is 0 Å². The van der Waals surface area contributed by atoms with Crippen molar-refractivity contribution in [2.45, 2.75) is 50.1 Å². The van der Waals surface area contributed by atoms with Crippen molar-refractivity contribution in [3.05, 3.63) is 39.7 Å². The molecule has 0 atom stereocenters. The molecule has 27 heavy (non-hydrogen) atoms. The van der Waals surface area contributed by atoms with Crippen molar-refractivity contribution in [2.75, 3.05) is 11.1 Å². The molecule has 1 saturated carbocycles. The summed E-state index contributed by atoms with van der Waals surface area (Å²) in [6.07, 6.45) is 6.02. The van der Waals surface area contributed by atoms with Gasteiger partial charge in [0.15, 0.2) is 5.16 Å². The van der Waals surface area contributed by atoms with E-state index >= 15 is 0 Å². The maximum atomic E-state index is 12.3. The number of nitrogens with zero attached hydrogens (tertiary/aromatic N) is 4. The van der Waals surface area contributed by atoms with E-state index in [2.05, 4.69) is 15.5 Å². The second-order valence-electron chi connectivity index (χ2n) is 6.83. The van der Waals surface area contributed by atoms with Crippen LogP contribution in [0.25, 0.3) is 0 Å². The molecule has 0 bridgehead atoms. The number of non-ortho nitro benzene ring substituents is 1. The summed E-state index contributed by atoms with van der Waals surface area (Å²) in [6, 6.07) is 4.42. The highest BCUT2D eigenvalue weighted by Gasteiger charge is 2.22. The van der Waals surface area contributed by atoms with Crippen molar-refractivity contribution in [3.8, 4) is 0 Å². The summed E-state index contributed by atoms with van der Waals surface area (Å²) in [5, 5.41) is 22.9. The summed E-state index contributed by atoms with van der Waals surface area (Å²) in [5.41, 5.74) is 1.18. The van der Waals surface area contributed by atoms with E-state index in [1.54, 1.807) is 13.0 Å². The van der Waals surface area contributed by atoms with E-state index in [1.165, 1.54) is 43.2 Å². The Morgan fingerprint density at radius 1 is 1.33 bits per heavy atom. The quantitative estimate of drug-likeness (QED) is 0.458. The van der Waals surface area contributed by atoms with Gasteiger partial charge in [0.2, 0.25) is 5.91 Å². The van der Waals surface area contributed by atoms with Crippen LogP contribution in [-0.4, -0.2) is 31.3 Å². The summed E-state index contributed by atoms with van der Waals surface area (Å²) < 4.78 is 1.98. The highest BCUT2D eigenvalue weighted by molar-refractivity contribution is 7.99. The second kappa shape index (κ2) is 8.51. The Balaban J connectivity index is 1.60. The third kappa shape index (κ3) is 4.65. The molecule has 1 aliphatic carbocycles. The Morgan fingerprint density at radius 2 is 2.07 bits per heavy atom. The number of benzene rings is 1. The van der Waals surface area contributed by atoms with E-state index in [0.29, 0.717) is 16.8 Å². The van der Waals surface area contributed by atoms with Gasteiger partial charge in [-0.15, -0.1) is 10.2 Å². The number of hydrogen-bond donors (Lipinski definition) is 1. The van der Waals surface area contributed by atoms with Crippen LogP contribution in [0.4, 0.5) is 11.4 Å². The van der Waals surface area contributed by atoms with Crippen LogP contribution in [0.3, 0.4) is 0 Å². The number of carbonyl (C=O) groups excluding carboxylic acids is 1. The number of nitro groups is 1. The Bertz CT molecular complexity index is 846. The van der Waals surface area contributed by atoms with Crippen molar-refractivity contribution >= 4 is 29.0 Å². The predicted molar refractivity (Wildman–Crippen MR) is 104 cm³/mol. The summed E-state index contributed by atoms with van der Waals surface area (Å²) in [5.74, 6) is 1.38. The van der Waals surface area contributed by atoms with E-state index in [9.17, 15) is 14.9 Å². The molecule has 144 valence electrons. The molecule has 1 N–H and O–H groups in total. The summed E-state index contributed by atoms with van der Waals surface area (Å²) in [6.45, 7) is 1.80. The molecule has 1 amide bonds. The van der Waals surface area contributed by atoms with Crippen LogP contribution in [0.5, 0.6) is 0 Å². The van der Waals surface area contributed by atoms with Gasteiger partial charge in [-0.2, -0.15) is 0 Å². The number of amides is 1. The first-order chi connectivity index (χ1) is 13.0. The maximum Gasteiger partial charge on any atom is 0.271 e. The highest BCUT2D eigenvalue weighted by atomic mass is 32.2. The molecule has 0 unspecified atom stereocenters. The van der Waals surface area contributed by atoms with Gasteiger partial charge in [-0.3, -0.25) is 14.9 Å². The molecule has 2 aromatic rings. The SMILES string of the molecule is Cc1ccc([N+](=O)[O-])cc1NC(=O)CSc1nnc(C2CCCCC2)n1C. The topological polar surface area (TPSA) is 103 Å². The number of anilines is 1. The minimum absolute atomic E-state index is 0.0472. The summed E-state index contributed by atoms with van der Waals surface area (Å²) in [4.78, 5) is 22.7. The molecule has 1 aromatic heterocycles. The maximum absolute atomic E-state index is 12.3. The number of thioether (sulfide) groups is 1. The molecule has 9 heteroatoms. The van der Waals surface area contributed by atoms with Crippen LogP contribution in [-0.2, 0) is 11.8 Å². The fourth-order valence-corrected chi connectivity index (χ4v) is 4.06. The van der Waals surface area contributed by atoms with Crippen LogP contribution in [0.2, 0.25) is 0 Å². The van der Waals surface area contributed by atoms with Gasteiger partial charge >= 0.3 is 0 Å². The van der Waals surface area contributed by atoms with E-state index in [1.807, 2.05) is 11.6 Å². The number of aromatic nitrogens is 3. The lowest BCUT2D eigenvalue weighted by atomic mass is 9.89. The van der Waals surface area contributed by atoms with Gasteiger partial charge in [-0.05, 0) is 25.3 Å². The third-order valence-electron chi connectivity index (χ3n) is 4.88. The zero-order valence-corrected chi connectivity index (χ0v) is 16.3. The third-order valence-corrected chi connectivity index (χ3v) is 5.90. The molecule has 1 aliphatic rings. The number of hydrogen-bond acceptors (Lipinski definition) is 6. The molecular formula is C18H23N5O3S. The standard InChI is InChI=1S/C18H23N5O3S/c1-12-8-9-14(23(25)26)10-15(12)19-16(24)11-27-18-21-20-17(22(18)2)13-6-4-3-5-7-13/h8-10,13H,3-7,11H2,1-2H3,(H,19,24). The number of rotatable bonds is 6. The van der Waals surface area contributed by atoms with Gasteiger partial charge < -0.3 is 9.88 Å². The number of nitro benzene ring substituents is 1. The van der Waals surface area contributed by atoms with Crippen LogP contribution >= 0.6 is 11.8 Å². The van der Waals surface area contributed by atoms with Gasteiger partial charge in [-0.1, -0.05) is 37.1 Å². The first-order valence-electron chi connectivity index (χ1n) is 9.02. The largest absolute Gasteiger partial charge is 0.325 e. The summed E-state index contributed by atoms with van der Waals surface area (Å²) >= 11 is 1.32. The second-order valence-corrected chi connectivity index (χ2v) is 7.77. The number of aryl methyl sites for hydroxylation is 1. The Kier molecular flexibility index (Phi) is 6.10. The van der Waals surface area contributed by atoms with Crippen molar-refractivity contribution in [3.63, 3.8) is 0 Å². The average molecular weight is 389 g/mol. The zero-order valence-electron chi connectivity index (χ0n) is 15.5. The van der Waals surface area contributed by atoms with E-state index in [0.717, 1.165) is 24.2 Å². The first-order valence-corrected chi connectivity index (χ1v) is 10.0. The Hall–Kier alpha value is -2.42. The first kappa shape index (κ1) is 19.3. The molecule has 0 radical (unpaired) electrons. The van der Waals surface area contributed by atoms with Crippen LogP contribution in [0, 0.1) is 17.0 Å². The van der Waals surface area contributed by atoms with Crippen molar-refractivity contribution in [2.24, 2.45) is 7.05 Å². The van der Waals surface area contributed by atoms with Crippen molar-refractivity contribution in [1.29, 1.82) is 0 Å². The number of nitrogens with one attached hydrogen (secondary N) is 1. The molecule has 1 fully saturated rings. The lowest BCUT2D eigenvalue weighted by Gasteiger charge is -2.20. The fraction of sp³-hybridized carbons (Fsp3) is 0.500. The lowest BCUT2D eigenvalue weighted by Crippen LogP contribution is -2.15. The lowest BCUT2D eigenvalue weighted by molar-refractivity contribution is -0.384. The predicted octanol–water partition coefficient (Wildman–Crippen LogP) is 3.81. The molecule has 1 heterocycles. The van der Waals surface area contributed by atoms with Crippen LogP contribution in [0.1, 0.15) is 49.4 Å². The monoisotopic (exact) mass is 389 g/mol. The van der Waals surface area contributed by atoms with Crippen LogP contribution in [0.15, 0.2) is 23.4 Å². The number of carbonyl (C=O) groups is 1. The Morgan fingerprint density at radius 3 is 2.78 bits per heavy atom. The molecule has 1 aromatic carbocycles. The van der Waals surface area contributed by atoms with Gasteiger partial charge in [0.05, 0.1) is 16.4 Å². The summed E-state index contributed by atoms with van der Waals surface area (Å²) in [7, 11) is 1.94. The molecule has 0 aliphatic heterocycles. The average Bonchev–Trinajstić information content (AvgIpc) is 3.03. The highest BCUT2D eigenvalue weighted by Crippen LogP contribution is 2.32. The molecule has 8 nitrogen and oxygen atoms in total. The normalized spacial score (nSPS) is 14.9. The molecular weight excluding hydrogens is 366 g/mol.